The third-order valence-electron chi connectivity index (χ3n) is 3.20. The molecule has 5 heteroatoms. The standard InChI is InChI=1S/C13H15N3O2/c17-12-10-3-1-2-4-11(10)15-13(16-12)14-7-9-5-6-18-8-9/h1-4,9H,5-8H2,(H2,14,15,16,17)/t9-/m0/s1. The zero-order valence-corrected chi connectivity index (χ0v) is 9.98. The Kier molecular flexibility index (Phi) is 2.98. The highest BCUT2D eigenvalue weighted by atomic mass is 16.5. The monoisotopic (exact) mass is 245 g/mol. The van der Waals surface area contributed by atoms with E-state index in [-0.39, 0.29) is 5.56 Å². The van der Waals surface area contributed by atoms with Crippen molar-refractivity contribution in [1.82, 2.24) is 9.97 Å². The van der Waals surface area contributed by atoms with Crippen LogP contribution in [0.2, 0.25) is 0 Å². The van der Waals surface area contributed by atoms with E-state index in [0.29, 0.717) is 22.8 Å². The number of H-pyrrole nitrogens is 1. The van der Waals surface area contributed by atoms with Gasteiger partial charge in [0.25, 0.3) is 5.56 Å². The molecule has 1 saturated heterocycles. The smallest absolute Gasteiger partial charge is 0.260 e. The van der Waals surface area contributed by atoms with E-state index in [2.05, 4.69) is 15.3 Å². The van der Waals surface area contributed by atoms with Gasteiger partial charge in [-0.05, 0) is 18.6 Å². The second-order valence-corrected chi connectivity index (χ2v) is 4.54. The molecular weight excluding hydrogens is 230 g/mol. The van der Waals surface area contributed by atoms with E-state index in [1.807, 2.05) is 18.2 Å². The SMILES string of the molecule is O=c1[nH]c(NC[C@@H]2CCOC2)nc2ccccc12. The van der Waals surface area contributed by atoms with Crippen LogP contribution in [-0.2, 0) is 4.74 Å². The molecule has 0 aliphatic carbocycles. The summed E-state index contributed by atoms with van der Waals surface area (Å²) in [6.07, 6.45) is 1.06. The molecule has 2 aromatic rings. The first kappa shape index (κ1) is 11.2. The Bertz CT molecular complexity index is 602. The van der Waals surface area contributed by atoms with Gasteiger partial charge in [-0.25, -0.2) is 4.98 Å². The number of hydrogen-bond acceptors (Lipinski definition) is 4. The van der Waals surface area contributed by atoms with E-state index in [1.165, 1.54) is 0 Å². The van der Waals surface area contributed by atoms with Gasteiger partial charge in [0.05, 0.1) is 17.5 Å². The number of ether oxygens (including phenoxy) is 1. The van der Waals surface area contributed by atoms with Crippen molar-refractivity contribution in [2.45, 2.75) is 6.42 Å². The zero-order valence-electron chi connectivity index (χ0n) is 9.98. The van der Waals surface area contributed by atoms with Gasteiger partial charge in [-0.3, -0.25) is 9.78 Å². The summed E-state index contributed by atoms with van der Waals surface area (Å²) >= 11 is 0. The van der Waals surface area contributed by atoms with Gasteiger partial charge in [0.1, 0.15) is 0 Å². The number of nitrogens with zero attached hydrogens (tertiary/aromatic N) is 1. The molecule has 1 aromatic heterocycles. The predicted molar refractivity (Wildman–Crippen MR) is 69.8 cm³/mol. The molecule has 18 heavy (non-hydrogen) atoms. The van der Waals surface area contributed by atoms with E-state index in [1.54, 1.807) is 6.07 Å². The first-order valence-corrected chi connectivity index (χ1v) is 6.13. The average molecular weight is 245 g/mol. The van der Waals surface area contributed by atoms with Gasteiger partial charge in [0, 0.05) is 19.1 Å². The van der Waals surface area contributed by atoms with E-state index in [0.717, 1.165) is 26.2 Å². The zero-order chi connectivity index (χ0) is 12.4. The lowest BCUT2D eigenvalue weighted by molar-refractivity contribution is 0.187. The van der Waals surface area contributed by atoms with Crippen molar-refractivity contribution in [3.8, 4) is 0 Å². The average Bonchev–Trinajstić information content (AvgIpc) is 2.90. The van der Waals surface area contributed by atoms with E-state index in [4.69, 9.17) is 4.74 Å². The molecule has 5 nitrogen and oxygen atoms in total. The topological polar surface area (TPSA) is 67.0 Å². The van der Waals surface area contributed by atoms with Crippen LogP contribution in [0.1, 0.15) is 6.42 Å². The van der Waals surface area contributed by atoms with Gasteiger partial charge in [-0.2, -0.15) is 0 Å². The summed E-state index contributed by atoms with van der Waals surface area (Å²) in [5.74, 6) is 1.03. The van der Waals surface area contributed by atoms with Gasteiger partial charge in [0.15, 0.2) is 0 Å². The number of anilines is 1. The molecule has 0 bridgehead atoms. The Morgan fingerprint density at radius 3 is 3.17 bits per heavy atom. The largest absolute Gasteiger partial charge is 0.381 e. The lowest BCUT2D eigenvalue weighted by Gasteiger charge is -2.09. The first-order valence-electron chi connectivity index (χ1n) is 6.13. The molecule has 94 valence electrons. The van der Waals surface area contributed by atoms with E-state index in [9.17, 15) is 4.79 Å². The van der Waals surface area contributed by atoms with E-state index >= 15 is 0 Å². The quantitative estimate of drug-likeness (QED) is 0.857. The summed E-state index contributed by atoms with van der Waals surface area (Å²) in [7, 11) is 0. The maximum absolute atomic E-state index is 11.8. The number of hydrogen-bond donors (Lipinski definition) is 2. The molecule has 3 rings (SSSR count). The fourth-order valence-electron chi connectivity index (χ4n) is 2.16. The minimum atomic E-state index is -0.106. The number of aromatic amines is 1. The van der Waals surface area contributed by atoms with Crippen LogP contribution in [-0.4, -0.2) is 29.7 Å². The second kappa shape index (κ2) is 4.78. The van der Waals surface area contributed by atoms with Crippen LogP contribution in [0, 0.1) is 5.92 Å². The summed E-state index contributed by atoms with van der Waals surface area (Å²) in [5, 5.41) is 3.79. The van der Waals surface area contributed by atoms with Crippen LogP contribution in [0.4, 0.5) is 5.95 Å². The number of fused-ring (bicyclic) bond motifs is 1. The third kappa shape index (κ3) is 2.22. The molecule has 0 spiro atoms. The van der Waals surface area contributed by atoms with Crippen LogP contribution in [0.5, 0.6) is 0 Å². The van der Waals surface area contributed by atoms with E-state index < -0.39 is 0 Å². The van der Waals surface area contributed by atoms with Gasteiger partial charge in [-0.15, -0.1) is 0 Å². The Balaban J connectivity index is 1.81. The maximum Gasteiger partial charge on any atom is 0.260 e. The molecule has 0 unspecified atom stereocenters. The number of benzene rings is 1. The molecule has 1 atom stereocenters. The minimum absolute atomic E-state index is 0.106. The summed E-state index contributed by atoms with van der Waals surface area (Å²) in [5.41, 5.74) is 0.609. The Hall–Kier alpha value is -1.88. The van der Waals surface area contributed by atoms with Gasteiger partial charge in [0.2, 0.25) is 5.95 Å². The van der Waals surface area contributed by atoms with Crippen molar-refractivity contribution in [2.75, 3.05) is 25.1 Å². The Morgan fingerprint density at radius 2 is 2.33 bits per heavy atom. The number of rotatable bonds is 3. The Morgan fingerprint density at radius 1 is 1.44 bits per heavy atom. The highest BCUT2D eigenvalue weighted by Gasteiger charge is 2.15. The highest BCUT2D eigenvalue weighted by Crippen LogP contribution is 2.13. The maximum atomic E-state index is 11.8. The van der Waals surface area contributed by atoms with Crippen LogP contribution in [0.15, 0.2) is 29.1 Å². The number of aromatic nitrogens is 2. The van der Waals surface area contributed by atoms with Crippen LogP contribution >= 0.6 is 0 Å². The van der Waals surface area contributed by atoms with Crippen molar-refractivity contribution < 1.29 is 4.74 Å². The summed E-state index contributed by atoms with van der Waals surface area (Å²) in [6.45, 7) is 2.39. The van der Waals surface area contributed by atoms with Gasteiger partial charge in [-0.1, -0.05) is 12.1 Å². The third-order valence-corrected chi connectivity index (χ3v) is 3.20. The lowest BCUT2D eigenvalue weighted by Crippen LogP contribution is -2.18. The molecular formula is C13H15N3O2. The van der Waals surface area contributed by atoms with Crippen molar-refractivity contribution in [1.29, 1.82) is 0 Å². The minimum Gasteiger partial charge on any atom is -0.381 e. The molecule has 0 amide bonds. The van der Waals surface area contributed by atoms with Gasteiger partial charge < -0.3 is 10.1 Å². The summed E-state index contributed by atoms with van der Waals surface area (Å²) in [4.78, 5) is 19.0. The molecule has 1 aliphatic heterocycles. The van der Waals surface area contributed by atoms with Gasteiger partial charge >= 0.3 is 0 Å². The molecule has 0 radical (unpaired) electrons. The van der Waals surface area contributed by atoms with Crippen LogP contribution in [0.3, 0.4) is 0 Å². The van der Waals surface area contributed by atoms with Crippen molar-refractivity contribution >= 4 is 16.9 Å². The molecule has 2 N–H and O–H groups in total. The van der Waals surface area contributed by atoms with Crippen LogP contribution in [0.25, 0.3) is 10.9 Å². The Labute approximate surface area is 104 Å². The van der Waals surface area contributed by atoms with Crippen LogP contribution < -0.4 is 10.9 Å². The fourth-order valence-corrected chi connectivity index (χ4v) is 2.16. The predicted octanol–water partition coefficient (Wildman–Crippen LogP) is 1.37. The van der Waals surface area contributed by atoms with Crippen molar-refractivity contribution in [2.24, 2.45) is 5.92 Å². The highest BCUT2D eigenvalue weighted by molar-refractivity contribution is 5.78. The lowest BCUT2D eigenvalue weighted by atomic mass is 10.1. The second-order valence-electron chi connectivity index (χ2n) is 4.54. The number of nitrogens with one attached hydrogen (secondary N) is 2. The first-order chi connectivity index (χ1) is 8.83. The van der Waals surface area contributed by atoms with Crippen molar-refractivity contribution in [3.05, 3.63) is 34.6 Å². The van der Waals surface area contributed by atoms with Crippen molar-refractivity contribution in [3.63, 3.8) is 0 Å². The summed E-state index contributed by atoms with van der Waals surface area (Å²) < 4.78 is 5.31. The fraction of sp³-hybridized carbons (Fsp3) is 0.385. The molecule has 1 aliphatic rings. The molecule has 1 aromatic carbocycles. The molecule has 2 heterocycles. The summed E-state index contributed by atoms with van der Waals surface area (Å²) in [6, 6.07) is 7.33. The molecule has 0 saturated carbocycles. The molecule has 1 fully saturated rings. The normalized spacial score (nSPS) is 19.2. The number of para-hydroxylation sites is 1.